The standard InChI is InChI=1S/C8H9N3/c1-5-2-6-4-10-11-8(6)3-7(5)9/h2-3H,4,9H2,1H3. The lowest BCUT2D eigenvalue weighted by Crippen LogP contribution is -1.89. The van der Waals surface area contributed by atoms with Crippen molar-refractivity contribution in [1.29, 1.82) is 0 Å². The molecular weight excluding hydrogens is 138 g/mol. The summed E-state index contributed by atoms with van der Waals surface area (Å²) in [6.45, 7) is 2.70. The molecular formula is C8H9N3. The van der Waals surface area contributed by atoms with E-state index in [0.29, 0.717) is 6.54 Å². The number of nitrogen functional groups attached to an aromatic ring is 1. The van der Waals surface area contributed by atoms with Gasteiger partial charge in [-0.15, -0.1) is 0 Å². The van der Waals surface area contributed by atoms with E-state index in [1.54, 1.807) is 0 Å². The van der Waals surface area contributed by atoms with Gasteiger partial charge in [0.15, 0.2) is 0 Å². The zero-order valence-electron chi connectivity index (χ0n) is 6.33. The third kappa shape index (κ3) is 0.888. The van der Waals surface area contributed by atoms with Crippen LogP contribution in [0.25, 0.3) is 0 Å². The number of rotatable bonds is 0. The van der Waals surface area contributed by atoms with E-state index in [4.69, 9.17) is 5.73 Å². The van der Waals surface area contributed by atoms with Crippen molar-refractivity contribution in [2.45, 2.75) is 13.5 Å². The number of fused-ring (bicyclic) bond motifs is 1. The Labute approximate surface area is 64.9 Å². The topological polar surface area (TPSA) is 50.7 Å². The molecule has 0 saturated heterocycles. The quantitative estimate of drug-likeness (QED) is 0.562. The zero-order valence-corrected chi connectivity index (χ0v) is 6.33. The molecule has 0 bridgehead atoms. The summed E-state index contributed by atoms with van der Waals surface area (Å²) in [5, 5.41) is 7.85. The Morgan fingerprint density at radius 3 is 3.09 bits per heavy atom. The third-order valence-corrected chi connectivity index (χ3v) is 1.89. The number of hydrogen-bond acceptors (Lipinski definition) is 3. The van der Waals surface area contributed by atoms with Crippen molar-refractivity contribution in [2.75, 3.05) is 5.73 Å². The number of azo groups is 1. The van der Waals surface area contributed by atoms with Crippen LogP contribution in [0.3, 0.4) is 0 Å². The van der Waals surface area contributed by atoms with Crippen molar-refractivity contribution in [3.8, 4) is 0 Å². The third-order valence-electron chi connectivity index (χ3n) is 1.89. The van der Waals surface area contributed by atoms with Crippen molar-refractivity contribution < 1.29 is 0 Å². The van der Waals surface area contributed by atoms with Gasteiger partial charge in [-0.1, -0.05) is 0 Å². The predicted octanol–water partition coefficient (Wildman–Crippen LogP) is 2.17. The first-order valence-corrected chi connectivity index (χ1v) is 3.54. The summed E-state index contributed by atoms with van der Waals surface area (Å²) < 4.78 is 0. The summed E-state index contributed by atoms with van der Waals surface area (Å²) >= 11 is 0. The van der Waals surface area contributed by atoms with E-state index in [1.165, 1.54) is 5.56 Å². The van der Waals surface area contributed by atoms with Crippen molar-refractivity contribution in [1.82, 2.24) is 0 Å². The monoisotopic (exact) mass is 147 g/mol. The lowest BCUT2D eigenvalue weighted by atomic mass is 10.1. The van der Waals surface area contributed by atoms with E-state index in [9.17, 15) is 0 Å². The zero-order chi connectivity index (χ0) is 7.84. The highest BCUT2D eigenvalue weighted by Crippen LogP contribution is 2.30. The van der Waals surface area contributed by atoms with Crippen LogP contribution in [0, 0.1) is 6.92 Å². The molecule has 0 unspecified atom stereocenters. The van der Waals surface area contributed by atoms with Gasteiger partial charge < -0.3 is 5.73 Å². The van der Waals surface area contributed by atoms with Crippen molar-refractivity contribution in [3.63, 3.8) is 0 Å². The largest absolute Gasteiger partial charge is 0.398 e. The van der Waals surface area contributed by atoms with Crippen molar-refractivity contribution in [2.24, 2.45) is 10.2 Å². The van der Waals surface area contributed by atoms with Gasteiger partial charge in [0, 0.05) is 11.3 Å². The Morgan fingerprint density at radius 1 is 1.45 bits per heavy atom. The molecule has 1 aliphatic heterocycles. The maximum Gasteiger partial charge on any atom is 0.0924 e. The first-order valence-electron chi connectivity index (χ1n) is 3.54. The Bertz CT molecular complexity index is 328. The van der Waals surface area contributed by atoms with Crippen LogP contribution in [-0.2, 0) is 6.54 Å². The molecule has 0 aromatic heterocycles. The molecule has 56 valence electrons. The summed E-state index contributed by atoms with van der Waals surface area (Å²) in [7, 11) is 0. The molecule has 2 N–H and O–H groups in total. The SMILES string of the molecule is Cc1cc2c(cc1N)N=NC2. The van der Waals surface area contributed by atoms with Gasteiger partial charge in [-0.2, -0.15) is 10.2 Å². The summed E-state index contributed by atoms with van der Waals surface area (Å²) in [4.78, 5) is 0. The van der Waals surface area contributed by atoms with Gasteiger partial charge in [-0.05, 0) is 24.6 Å². The molecule has 0 fully saturated rings. The minimum absolute atomic E-state index is 0.705. The van der Waals surface area contributed by atoms with Gasteiger partial charge in [0.1, 0.15) is 0 Å². The van der Waals surface area contributed by atoms with E-state index in [0.717, 1.165) is 16.9 Å². The highest BCUT2D eigenvalue weighted by molar-refractivity contribution is 5.61. The van der Waals surface area contributed by atoms with Gasteiger partial charge in [-0.3, -0.25) is 0 Å². The molecule has 11 heavy (non-hydrogen) atoms. The molecule has 1 heterocycles. The van der Waals surface area contributed by atoms with Gasteiger partial charge in [0.05, 0.1) is 12.2 Å². The van der Waals surface area contributed by atoms with Gasteiger partial charge in [0.2, 0.25) is 0 Å². The van der Waals surface area contributed by atoms with Gasteiger partial charge in [-0.25, -0.2) is 0 Å². The molecule has 3 heteroatoms. The Morgan fingerprint density at radius 2 is 2.27 bits per heavy atom. The van der Waals surface area contributed by atoms with E-state index >= 15 is 0 Å². The average molecular weight is 147 g/mol. The highest BCUT2D eigenvalue weighted by Gasteiger charge is 2.08. The first kappa shape index (κ1) is 6.34. The molecule has 1 aromatic rings. The highest BCUT2D eigenvalue weighted by atomic mass is 15.1. The second-order valence-electron chi connectivity index (χ2n) is 2.74. The van der Waals surface area contributed by atoms with E-state index in [2.05, 4.69) is 10.2 Å². The molecule has 0 aliphatic carbocycles. The fourth-order valence-corrected chi connectivity index (χ4v) is 1.18. The van der Waals surface area contributed by atoms with E-state index in [1.807, 2.05) is 19.1 Å². The molecule has 0 spiro atoms. The summed E-state index contributed by atoms with van der Waals surface area (Å²) in [6, 6.07) is 3.92. The predicted molar refractivity (Wildman–Crippen MR) is 43.8 cm³/mol. The summed E-state index contributed by atoms with van der Waals surface area (Å²) in [5.74, 6) is 0. The molecule has 0 atom stereocenters. The molecule has 1 aliphatic rings. The molecule has 0 radical (unpaired) electrons. The smallest absolute Gasteiger partial charge is 0.0924 e. The second kappa shape index (κ2) is 2.05. The van der Waals surface area contributed by atoms with Gasteiger partial charge >= 0.3 is 0 Å². The first-order chi connectivity index (χ1) is 5.27. The van der Waals surface area contributed by atoms with Crippen LogP contribution in [0.4, 0.5) is 11.4 Å². The molecule has 3 nitrogen and oxygen atoms in total. The Kier molecular flexibility index (Phi) is 1.18. The number of aryl methyl sites for hydroxylation is 1. The van der Waals surface area contributed by atoms with E-state index in [-0.39, 0.29) is 0 Å². The van der Waals surface area contributed by atoms with Crippen LogP contribution < -0.4 is 5.73 Å². The lowest BCUT2D eigenvalue weighted by Gasteiger charge is -2.01. The summed E-state index contributed by atoms with van der Waals surface area (Å²) in [6.07, 6.45) is 0. The van der Waals surface area contributed by atoms with Crippen LogP contribution in [0.2, 0.25) is 0 Å². The second-order valence-corrected chi connectivity index (χ2v) is 2.74. The number of hydrogen-bond donors (Lipinski definition) is 1. The van der Waals surface area contributed by atoms with Crippen LogP contribution in [0.5, 0.6) is 0 Å². The fraction of sp³-hybridized carbons (Fsp3) is 0.250. The van der Waals surface area contributed by atoms with Crippen LogP contribution in [0.1, 0.15) is 11.1 Å². The molecule has 0 saturated carbocycles. The minimum Gasteiger partial charge on any atom is -0.398 e. The number of anilines is 1. The summed E-state index contributed by atoms with van der Waals surface area (Å²) in [5.41, 5.74) is 9.70. The number of benzene rings is 1. The fourth-order valence-electron chi connectivity index (χ4n) is 1.18. The Hall–Kier alpha value is -1.38. The molecule has 2 rings (SSSR count). The Balaban J connectivity index is 2.63. The molecule has 0 amide bonds. The van der Waals surface area contributed by atoms with Crippen molar-refractivity contribution >= 4 is 11.4 Å². The van der Waals surface area contributed by atoms with E-state index < -0.39 is 0 Å². The van der Waals surface area contributed by atoms with Crippen LogP contribution in [-0.4, -0.2) is 0 Å². The lowest BCUT2D eigenvalue weighted by molar-refractivity contribution is 1.04. The average Bonchev–Trinajstić information content (AvgIpc) is 2.36. The molecule has 1 aromatic carbocycles. The number of nitrogens with two attached hydrogens (primary N) is 1. The number of nitrogens with zero attached hydrogens (tertiary/aromatic N) is 2. The maximum atomic E-state index is 5.69. The van der Waals surface area contributed by atoms with Crippen molar-refractivity contribution in [3.05, 3.63) is 23.3 Å². The van der Waals surface area contributed by atoms with Crippen LogP contribution >= 0.6 is 0 Å². The maximum absolute atomic E-state index is 5.69. The van der Waals surface area contributed by atoms with Gasteiger partial charge in [0.25, 0.3) is 0 Å². The normalized spacial score (nSPS) is 13.5. The van der Waals surface area contributed by atoms with Crippen LogP contribution in [0.15, 0.2) is 22.4 Å². The minimum atomic E-state index is 0.705.